The molecule has 0 aromatic carbocycles. The third-order valence-electron chi connectivity index (χ3n) is 1.22. The number of nitrogens with one attached hydrogen (secondary N) is 1. The van der Waals surface area contributed by atoms with Gasteiger partial charge in [-0.1, -0.05) is 11.6 Å². The van der Waals surface area contributed by atoms with E-state index in [0.717, 1.165) is 5.56 Å². The minimum atomic E-state index is 0.553. The lowest BCUT2D eigenvalue weighted by Gasteiger charge is -1.99. The SMILES string of the molecule is Cc1cc(Cl)cnc1NC#N. The van der Waals surface area contributed by atoms with Crippen molar-refractivity contribution >= 4 is 17.4 Å². The van der Waals surface area contributed by atoms with Gasteiger partial charge in [0.1, 0.15) is 5.82 Å². The summed E-state index contributed by atoms with van der Waals surface area (Å²) in [7, 11) is 0. The second-order valence-electron chi connectivity index (χ2n) is 2.06. The van der Waals surface area contributed by atoms with Gasteiger partial charge in [-0.05, 0) is 18.6 Å². The number of aromatic nitrogens is 1. The molecule has 1 heterocycles. The molecule has 0 radical (unpaired) electrons. The molecule has 56 valence electrons. The normalized spacial score (nSPS) is 8.82. The molecule has 0 spiro atoms. The summed E-state index contributed by atoms with van der Waals surface area (Å²) in [6, 6.07) is 1.74. The zero-order valence-corrected chi connectivity index (χ0v) is 6.68. The first-order chi connectivity index (χ1) is 5.24. The average Bonchev–Trinajstić information content (AvgIpc) is 1.95. The third kappa shape index (κ3) is 1.82. The average molecular weight is 168 g/mol. The third-order valence-corrected chi connectivity index (χ3v) is 1.43. The fraction of sp³-hybridized carbons (Fsp3) is 0.143. The standard InChI is InChI=1S/C7H6ClN3/c1-5-2-6(8)3-10-7(5)11-4-9/h2-3H,1H3,(H,10,11). The lowest BCUT2D eigenvalue weighted by molar-refractivity contribution is 1.25. The van der Waals surface area contributed by atoms with Gasteiger partial charge in [-0.15, -0.1) is 0 Å². The first kappa shape index (κ1) is 7.83. The molecule has 1 N–H and O–H groups in total. The van der Waals surface area contributed by atoms with Gasteiger partial charge < -0.3 is 0 Å². The van der Waals surface area contributed by atoms with Gasteiger partial charge in [0.2, 0.25) is 0 Å². The maximum atomic E-state index is 8.28. The van der Waals surface area contributed by atoms with Crippen molar-refractivity contribution in [3.8, 4) is 6.19 Å². The van der Waals surface area contributed by atoms with Crippen molar-refractivity contribution in [1.29, 1.82) is 5.26 Å². The number of halogens is 1. The van der Waals surface area contributed by atoms with Gasteiger partial charge in [-0.2, -0.15) is 5.26 Å². The van der Waals surface area contributed by atoms with Crippen molar-refractivity contribution in [2.24, 2.45) is 0 Å². The van der Waals surface area contributed by atoms with Crippen LogP contribution in [0, 0.1) is 18.4 Å². The zero-order chi connectivity index (χ0) is 8.27. The molecule has 1 aromatic heterocycles. The van der Waals surface area contributed by atoms with E-state index in [2.05, 4.69) is 10.3 Å². The van der Waals surface area contributed by atoms with E-state index in [1.54, 1.807) is 12.3 Å². The predicted octanol–water partition coefficient (Wildman–Crippen LogP) is 1.94. The number of rotatable bonds is 1. The Kier molecular flexibility index (Phi) is 2.29. The molecule has 0 amide bonds. The van der Waals surface area contributed by atoms with Crippen LogP contribution in [-0.4, -0.2) is 4.98 Å². The topological polar surface area (TPSA) is 48.7 Å². The minimum Gasteiger partial charge on any atom is -0.277 e. The number of anilines is 1. The van der Waals surface area contributed by atoms with E-state index in [4.69, 9.17) is 16.9 Å². The lowest BCUT2D eigenvalue weighted by Crippen LogP contribution is -1.93. The maximum Gasteiger partial charge on any atom is 0.182 e. The molecule has 1 rings (SSSR count). The molecule has 0 aliphatic carbocycles. The van der Waals surface area contributed by atoms with Crippen LogP contribution in [0.3, 0.4) is 0 Å². The fourth-order valence-corrected chi connectivity index (χ4v) is 0.937. The second-order valence-corrected chi connectivity index (χ2v) is 2.49. The molecule has 0 saturated carbocycles. The summed E-state index contributed by atoms with van der Waals surface area (Å²) in [5.41, 5.74) is 0.860. The van der Waals surface area contributed by atoms with Crippen LogP contribution < -0.4 is 5.32 Å². The fourth-order valence-electron chi connectivity index (χ4n) is 0.724. The zero-order valence-electron chi connectivity index (χ0n) is 5.93. The molecule has 4 heteroatoms. The molecule has 0 unspecified atom stereocenters. The highest BCUT2D eigenvalue weighted by Crippen LogP contribution is 2.15. The summed E-state index contributed by atoms with van der Waals surface area (Å²) in [5, 5.41) is 11.3. The van der Waals surface area contributed by atoms with Gasteiger partial charge in [0.25, 0.3) is 0 Å². The number of pyridine rings is 1. The Morgan fingerprint density at radius 2 is 2.45 bits per heavy atom. The highest BCUT2D eigenvalue weighted by atomic mass is 35.5. The van der Waals surface area contributed by atoms with Gasteiger partial charge in [-0.3, -0.25) is 5.32 Å². The van der Waals surface area contributed by atoms with Crippen LogP contribution in [0.25, 0.3) is 0 Å². The van der Waals surface area contributed by atoms with Crippen LogP contribution >= 0.6 is 11.6 Å². The molecular weight excluding hydrogens is 162 g/mol. The van der Waals surface area contributed by atoms with Crippen molar-refractivity contribution in [1.82, 2.24) is 4.98 Å². The van der Waals surface area contributed by atoms with Crippen LogP contribution in [0.2, 0.25) is 5.02 Å². The Hall–Kier alpha value is -1.27. The first-order valence-electron chi connectivity index (χ1n) is 3.01. The molecule has 0 bridgehead atoms. The summed E-state index contributed by atoms with van der Waals surface area (Å²) < 4.78 is 0. The first-order valence-corrected chi connectivity index (χ1v) is 3.39. The Labute approximate surface area is 69.6 Å². The molecular formula is C7H6ClN3. The molecule has 0 atom stereocenters. The Morgan fingerprint density at radius 3 is 3.00 bits per heavy atom. The summed E-state index contributed by atoms with van der Waals surface area (Å²) in [6.07, 6.45) is 3.28. The monoisotopic (exact) mass is 167 g/mol. The van der Waals surface area contributed by atoms with Gasteiger partial charge in [0, 0.05) is 6.20 Å². The Balaban J connectivity index is 3.01. The minimum absolute atomic E-state index is 0.553. The molecule has 0 aliphatic rings. The van der Waals surface area contributed by atoms with Crippen molar-refractivity contribution in [2.75, 3.05) is 5.32 Å². The number of nitrogens with zero attached hydrogens (tertiary/aromatic N) is 2. The van der Waals surface area contributed by atoms with Crippen molar-refractivity contribution in [3.63, 3.8) is 0 Å². The lowest BCUT2D eigenvalue weighted by atomic mass is 10.3. The summed E-state index contributed by atoms with van der Waals surface area (Å²) >= 11 is 5.64. The Morgan fingerprint density at radius 1 is 1.73 bits per heavy atom. The van der Waals surface area contributed by atoms with Gasteiger partial charge in [0.05, 0.1) is 5.02 Å². The van der Waals surface area contributed by atoms with Crippen molar-refractivity contribution in [2.45, 2.75) is 6.92 Å². The number of nitriles is 1. The molecule has 0 aliphatic heterocycles. The second kappa shape index (κ2) is 3.22. The highest BCUT2D eigenvalue weighted by Gasteiger charge is 1.97. The molecule has 0 saturated heterocycles. The van der Waals surface area contributed by atoms with Gasteiger partial charge in [0.15, 0.2) is 6.19 Å². The van der Waals surface area contributed by atoms with E-state index < -0.39 is 0 Å². The van der Waals surface area contributed by atoms with E-state index >= 15 is 0 Å². The van der Waals surface area contributed by atoms with E-state index in [1.165, 1.54) is 6.20 Å². The highest BCUT2D eigenvalue weighted by molar-refractivity contribution is 6.30. The van der Waals surface area contributed by atoms with E-state index in [9.17, 15) is 0 Å². The molecule has 1 aromatic rings. The summed E-state index contributed by atoms with van der Waals surface area (Å²) in [5.74, 6) is 0.553. The van der Waals surface area contributed by atoms with Crippen LogP contribution in [-0.2, 0) is 0 Å². The van der Waals surface area contributed by atoms with Crippen molar-refractivity contribution < 1.29 is 0 Å². The van der Waals surface area contributed by atoms with Crippen LogP contribution in [0.5, 0.6) is 0 Å². The number of hydrogen-bond acceptors (Lipinski definition) is 3. The quantitative estimate of drug-likeness (QED) is 0.514. The maximum absolute atomic E-state index is 8.28. The largest absolute Gasteiger partial charge is 0.277 e. The van der Waals surface area contributed by atoms with Crippen LogP contribution in [0.1, 0.15) is 5.56 Å². The van der Waals surface area contributed by atoms with Gasteiger partial charge in [-0.25, -0.2) is 4.98 Å². The summed E-state index contributed by atoms with van der Waals surface area (Å²) in [6.45, 7) is 1.83. The van der Waals surface area contributed by atoms with Crippen molar-refractivity contribution in [3.05, 3.63) is 22.8 Å². The van der Waals surface area contributed by atoms with Crippen LogP contribution in [0.15, 0.2) is 12.3 Å². The van der Waals surface area contributed by atoms with E-state index in [1.807, 2.05) is 6.92 Å². The predicted molar refractivity (Wildman–Crippen MR) is 43.2 cm³/mol. The Bertz CT molecular complexity index is 303. The van der Waals surface area contributed by atoms with E-state index in [-0.39, 0.29) is 0 Å². The summed E-state index contributed by atoms with van der Waals surface area (Å²) in [4.78, 5) is 3.90. The molecule has 11 heavy (non-hydrogen) atoms. The smallest absolute Gasteiger partial charge is 0.182 e. The number of aryl methyl sites for hydroxylation is 1. The van der Waals surface area contributed by atoms with Crippen LogP contribution in [0.4, 0.5) is 5.82 Å². The number of hydrogen-bond donors (Lipinski definition) is 1. The van der Waals surface area contributed by atoms with Gasteiger partial charge >= 0.3 is 0 Å². The molecule has 0 fully saturated rings. The molecule has 3 nitrogen and oxygen atoms in total. The van der Waals surface area contributed by atoms with E-state index in [0.29, 0.717) is 10.8 Å².